The van der Waals surface area contributed by atoms with Gasteiger partial charge in [-0.05, 0) is 43.2 Å². The minimum Gasteiger partial charge on any atom is -0.508 e. The van der Waals surface area contributed by atoms with Crippen LogP contribution in [0.15, 0.2) is 42.5 Å². The number of phenolic OH excluding ortho intramolecular Hbond substituents is 1. The van der Waals surface area contributed by atoms with Crippen LogP contribution in [0.25, 0.3) is 0 Å². The van der Waals surface area contributed by atoms with Crippen LogP contribution in [0.2, 0.25) is 0 Å². The highest BCUT2D eigenvalue weighted by Crippen LogP contribution is 2.16. The number of benzene rings is 2. The minimum absolute atomic E-state index is 0.0192. The van der Waals surface area contributed by atoms with Crippen LogP contribution in [0.5, 0.6) is 5.75 Å². The summed E-state index contributed by atoms with van der Waals surface area (Å²) in [6, 6.07) is 10.3. The average Bonchev–Trinajstić information content (AvgIpc) is 2.30. The van der Waals surface area contributed by atoms with Gasteiger partial charge in [0.2, 0.25) is 0 Å². The number of anilines is 1. The zero-order chi connectivity index (χ0) is 13.8. The molecule has 0 saturated heterocycles. The third-order valence-corrected chi connectivity index (χ3v) is 2.75. The number of rotatable bonds is 4. The first-order valence-corrected chi connectivity index (χ1v) is 6.03. The smallest absolute Gasteiger partial charge is 0.128 e. The Balaban J connectivity index is 2.00. The molecular formula is C15H15F2NO. The summed E-state index contributed by atoms with van der Waals surface area (Å²) in [5, 5.41) is 12.2. The van der Waals surface area contributed by atoms with Crippen molar-refractivity contribution in [2.24, 2.45) is 0 Å². The Labute approximate surface area is 110 Å². The molecule has 100 valence electrons. The predicted octanol–water partition coefficient (Wildman–Crippen LogP) is 3.71. The van der Waals surface area contributed by atoms with Gasteiger partial charge in [0, 0.05) is 17.8 Å². The fourth-order valence-electron chi connectivity index (χ4n) is 1.96. The van der Waals surface area contributed by atoms with Crippen LogP contribution in [-0.4, -0.2) is 11.1 Å². The van der Waals surface area contributed by atoms with E-state index in [2.05, 4.69) is 5.32 Å². The van der Waals surface area contributed by atoms with Crippen molar-refractivity contribution in [2.45, 2.75) is 19.4 Å². The molecule has 1 unspecified atom stereocenters. The Hall–Kier alpha value is -2.10. The molecular weight excluding hydrogens is 248 g/mol. The molecule has 2 aromatic rings. The van der Waals surface area contributed by atoms with E-state index in [-0.39, 0.29) is 11.8 Å². The van der Waals surface area contributed by atoms with E-state index < -0.39 is 11.6 Å². The summed E-state index contributed by atoms with van der Waals surface area (Å²) in [4.78, 5) is 0. The van der Waals surface area contributed by atoms with Gasteiger partial charge < -0.3 is 10.4 Å². The Morgan fingerprint density at radius 2 is 1.63 bits per heavy atom. The number of phenols is 1. The zero-order valence-corrected chi connectivity index (χ0v) is 10.5. The van der Waals surface area contributed by atoms with Gasteiger partial charge in [0.05, 0.1) is 0 Å². The second kappa shape index (κ2) is 5.69. The largest absolute Gasteiger partial charge is 0.508 e. The van der Waals surface area contributed by atoms with Crippen molar-refractivity contribution in [2.75, 3.05) is 5.32 Å². The normalized spacial score (nSPS) is 12.2. The Bertz CT molecular complexity index is 534. The van der Waals surface area contributed by atoms with E-state index in [0.717, 1.165) is 11.6 Å². The van der Waals surface area contributed by atoms with E-state index in [1.807, 2.05) is 19.1 Å². The van der Waals surface area contributed by atoms with Crippen LogP contribution in [0.3, 0.4) is 0 Å². The summed E-state index contributed by atoms with van der Waals surface area (Å²) in [7, 11) is 0. The van der Waals surface area contributed by atoms with Gasteiger partial charge in [-0.15, -0.1) is 0 Å². The van der Waals surface area contributed by atoms with Crippen LogP contribution < -0.4 is 5.32 Å². The maximum Gasteiger partial charge on any atom is 0.128 e. The Morgan fingerprint density at radius 1 is 1.05 bits per heavy atom. The van der Waals surface area contributed by atoms with Crippen molar-refractivity contribution < 1.29 is 13.9 Å². The van der Waals surface area contributed by atoms with Crippen molar-refractivity contribution in [3.8, 4) is 5.75 Å². The maximum absolute atomic E-state index is 13.0. The highest BCUT2D eigenvalue weighted by molar-refractivity contribution is 5.44. The SMILES string of the molecule is CC(Cc1ccc(O)cc1)Nc1cc(F)cc(F)c1. The third-order valence-electron chi connectivity index (χ3n) is 2.75. The number of nitrogens with one attached hydrogen (secondary N) is 1. The number of hydrogen-bond donors (Lipinski definition) is 2. The van der Waals surface area contributed by atoms with E-state index in [9.17, 15) is 13.9 Å². The first kappa shape index (κ1) is 13.3. The first-order chi connectivity index (χ1) is 9.02. The van der Waals surface area contributed by atoms with Crippen LogP contribution in [0.1, 0.15) is 12.5 Å². The molecule has 2 rings (SSSR count). The fourth-order valence-corrected chi connectivity index (χ4v) is 1.96. The third kappa shape index (κ3) is 3.95. The molecule has 19 heavy (non-hydrogen) atoms. The second-order valence-electron chi connectivity index (χ2n) is 4.57. The molecule has 0 radical (unpaired) electrons. The zero-order valence-electron chi connectivity index (χ0n) is 10.5. The van der Waals surface area contributed by atoms with Gasteiger partial charge >= 0.3 is 0 Å². The predicted molar refractivity (Wildman–Crippen MR) is 71.3 cm³/mol. The summed E-state index contributed by atoms with van der Waals surface area (Å²) in [6.45, 7) is 1.93. The monoisotopic (exact) mass is 263 g/mol. The molecule has 1 atom stereocenters. The molecule has 0 aliphatic rings. The standard InChI is InChI=1S/C15H15F2NO/c1-10(6-11-2-4-15(19)5-3-11)18-14-8-12(16)7-13(17)9-14/h2-5,7-10,18-19H,6H2,1H3. The van der Waals surface area contributed by atoms with E-state index in [0.29, 0.717) is 12.1 Å². The lowest BCUT2D eigenvalue weighted by Gasteiger charge is -2.15. The van der Waals surface area contributed by atoms with E-state index in [1.54, 1.807) is 12.1 Å². The molecule has 0 saturated carbocycles. The van der Waals surface area contributed by atoms with Gasteiger partial charge in [0.15, 0.2) is 0 Å². The number of aromatic hydroxyl groups is 1. The van der Waals surface area contributed by atoms with Crippen LogP contribution >= 0.6 is 0 Å². The molecule has 0 aromatic heterocycles. The number of halogens is 2. The highest BCUT2D eigenvalue weighted by Gasteiger charge is 2.06. The summed E-state index contributed by atoms with van der Waals surface area (Å²) in [6.07, 6.45) is 0.693. The molecule has 0 fully saturated rings. The van der Waals surface area contributed by atoms with Gasteiger partial charge in [0.25, 0.3) is 0 Å². The lowest BCUT2D eigenvalue weighted by Crippen LogP contribution is -2.18. The summed E-state index contributed by atoms with van der Waals surface area (Å²) in [5.74, 6) is -0.977. The molecule has 2 nitrogen and oxygen atoms in total. The summed E-state index contributed by atoms with van der Waals surface area (Å²) < 4.78 is 26.1. The molecule has 2 N–H and O–H groups in total. The maximum atomic E-state index is 13.0. The van der Waals surface area contributed by atoms with Gasteiger partial charge in [-0.3, -0.25) is 0 Å². The summed E-state index contributed by atoms with van der Waals surface area (Å²) >= 11 is 0. The van der Waals surface area contributed by atoms with E-state index in [4.69, 9.17) is 0 Å². The second-order valence-corrected chi connectivity index (χ2v) is 4.57. The van der Waals surface area contributed by atoms with Crippen LogP contribution in [0.4, 0.5) is 14.5 Å². The highest BCUT2D eigenvalue weighted by atomic mass is 19.1. The van der Waals surface area contributed by atoms with Gasteiger partial charge in [0.1, 0.15) is 17.4 Å². The van der Waals surface area contributed by atoms with Crippen LogP contribution in [0, 0.1) is 11.6 Å². The van der Waals surface area contributed by atoms with Gasteiger partial charge in [-0.2, -0.15) is 0 Å². The topological polar surface area (TPSA) is 32.3 Å². The molecule has 4 heteroatoms. The van der Waals surface area contributed by atoms with Crippen molar-refractivity contribution in [1.82, 2.24) is 0 Å². The van der Waals surface area contributed by atoms with E-state index in [1.165, 1.54) is 12.1 Å². The number of hydrogen-bond acceptors (Lipinski definition) is 2. The van der Waals surface area contributed by atoms with Crippen LogP contribution in [-0.2, 0) is 6.42 Å². The first-order valence-electron chi connectivity index (χ1n) is 6.03. The van der Waals surface area contributed by atoms with Crippen molar-refractivity contribution in [3.63, 3.8) is 0 Å². The molecule has 0 aliphatic carbocycles. The average molecular weight is 263 g/mol. The molecule has 0 amide bonds. The van der Waals surface area contributed by atoms with Crippen molar-refractivity contribution in [1.29, 1.82) is 0 Å². The lowest BCUT2D eigenvalue weighted by atomic mass is 10.1. The molecule has 0 heterocycles. The molecule has 0 bridgehead atoms. The molecule has 2 aromatic carbocycles. The van der Waals surface area contributed by atoms with Gasteiger partial charge in [-0.1, -0.05) is 12.1 Å². The quantitative estimate of drug-likeness (QED) is 0.881. The summed E-state index contributed by atoms with van der Waals surface area (Å²) in [5.41, 5.74) is 1.46. The van der Waals surface area contributed by atoms with E-state index >= 15 is 0 Å². The molecule has 0 aliphatic heterocycles. The van der Waals surface area contributed by atoms with Crippen molar-refractivity contribution in [3.05, 3.63) is 59.7 Å². The van der Waals surface area contributed by atoms with Crippen molar-refractivity contribution >= 4 is 5.69 Å². The minimum atomic E-state index is -0.598. The Morgan fingerprint density at radius 3 is 2.21 bits per heavy atom. The lowest BCUT2D eigenvalue weighted by molar-refractivity contribution is 0.475. The molecule has 0 spiro atoms. The fraction of sp³-hybridized carbons (Fsp3) is 0.200. The van der Waals surface area contributed by atoms with Gasteiger partial charge in [-0.25, -0.2) is 8.78 Å². The Kier molecular flexibility index (Phi) is 4.00.